The number of carbonyl (C=O) groups excluding carboxylic acids is 1. The first-order chi connectivity index (χ1) is 10.4. The molecule has 122 valence electrons. The van der Waals surface area contributed by atoms with E-state index in [9.17, 15) is 15.0 Å². The van der Waals surface area contributed by atoms with Gasteiger partial charge in [-0.1, -0.05) is 18.2 Å². The summed E-state index contributed by atoms with van der Waals surface area (Å²) in [5.74, 6) is 0.536. The van der Waals surface area contributed by atoms with E-state index in [2.05, 4.69) is 0 Å². The molecule has 0 radical (unpaired) electrons. The largest absolute Gasteiger partial charge is 0.483 e. The van der Waals surface area contributed by atoms with Gasteiger partial charge in [-0.2, -0.15) is 0 Å². The molecule has 3 atom stereocenters. The predicted octanol–water partition coefficient (Wildman–Crippen LogP) is 1.41. The molecule has 1 fully saturated rings. The van der Waals surface area contributed by atoms with Crippen LogP contribution in [0.2, 0.25) is 0 Å². The van der Waals surface area contributed by atoms with Crippen LogP contribution in [0.15, 0.2) is 18.2 Å². The lowest BCUT2D eigenvalue weighted by atomic mass is 9.89. The summed E-state index contributed by atoms with van der Waals surface area (Å²) in [5.41, 5.74) is 1.98. The molecule has 0 heterocycles. The Bertz CT molecular complexity index is 511. The summed E-state index contributed by atoms with van der Waals surface area (Å²) >= 11 is 0. The Labute approximate surface area is 131 Å². The molecule has 0 aliphatic heterocycles. The number of ether oxygens (including phenoxy) is 1. The zero-order chi connectivity index (χ0) is 16.3. The molecule has 1 saturated carbocycles. The summed E-state index contributed by atoms with van der Waals surface area (Å²) in [6, 6.07) is 5.48. The van der Waals surface area contributed by atoms with Crippen molar-refractivity contribution >= 4 is 5.91 Å². The highest BCUT2D eigenvalue weighted by atomic mass is 16.5. The first-order valence-corrected chi connectivity index (χ1v) is 7.72. The molecule has 1 aliphatic carbocycles. The number of amides is 1. The van der Waals surface area contributed by atoms with E-state index in [0.717, 1.165) is 23.3 Å². The molecule has 0 saturated heterocycles. The minimum atomic E-state index is -0.886. The van der Waals surface area contributed by atoms with Crippen molar-refractivity contribution in [3.63, 3.8) is 0 Å². The molecule has 0 aromatic heterocycles. The quantitative estimate of drug-likeness (QED) is 0.882. The first kappa shape index (κ1) is 16.8. The van der Waals surface area contributed by atoms with Crippen LogP contribution >= 0.6 is 0 Å². The van der Waals surface area contributed by atoms with Crippen LogP contribution in [0.3, 0.4) is 0 Å². The van der Waals surface area contributed by atoms with Crippen molar-refractivity contribution < 1.29 is 19.7 Å². The van der Waals surface area contributed by atoms with Gasteiger partial charge < -0.3 is 19.8 Å². The molecule has 0 bridgehead atoms. The van der Waals surface area contributed by atoms with Gasteiger partial charge in [0.05, 0.1) is 12.1 Å². The minimum Gasteiger partial charge on any atom is -0.483 e. The monoisotopic (exact) mass is 307 g/mol. The van der Waals surface area contributed by atoms with Crippen LogP contribution in [0, 0.1) is 13.8 Å². The fraction of sp³-hybridized carbons (Fsp3) is 0.588. The van der Waals surface area contributed by atoms with E-state index in [1.807, 2.05) is 32.0 Å². The number of aliphatic hydroxyl groups excluding tert-OH is 2. The lowest BCUT2D eigenvalue weighted by Crippen LogP contribution is -2.52. The summed E-state index contributed by atoms with van der Waals surface area (Å²) < 4.78 is 5.67. The SMILES string of the molecule is Cc1cccc(C)c1OCC(=O)N(C)[C@@H]1CCC[C@@H](O)[C@@H]1O. The molecule has 0 spiro atoms. The number of nitrogens with zero attached hydrogens (tertiary/aromatic N) is 1. The van der Waals surface area contributed by atoms with Gasteiger partial charge in [0.2, 0.25) is 0 Å². The standard InChI is InChI=1S/C17H25NO4/c1-11-6-4-7-12(2)17(11)22-10-15(20)18(3)13-8-5-9-14(19)16(13)21/h4,6-7,13-14,16,19,21H,5,8-10H2,1-3H3/t13-,14-,16-/m1/s1. The molecule has 0 unspecified atom stereocenters. The van der Waals surface area contributed by atoms with Gasteiger partial charge in [0.15, 0.2) is 6.61 Å². The molecule has 1 aliphatic rings. The summed E-state index contributed by atoms with van der Waals surface area (Å²) in [5, 5.41) is 19.8. The summed E-state index contributed by atoms with van der Waals surface area (Å²) in [4.78, 5) is 13.8. The van der Waals surface area contributed by atoms with Crippen molar-refractivity contribution in [1.82, 2.24) is 4.90 Å². The third-order valence-electron chi connectivity index (χ3n) is 4.43. The fourth-order valence-electron chi connectivity index (χ4n) is 3.00. The normalized spacial score (nSPS) is 24.9. The van der Waals surface area contributed by atoms with Crippen LogP contribution in [-0.2, 0) is 4.79 Å². The van der Waals surface area contributed by atoms with Crippen molar-refractivity contribution in [2.24, 2.45) is 0 Å². The zero-order valence-electron chi connectivity index (χ0n) is 13.5. The first-order valence-electron chi connectivity index (χ1n) is 7.72. The molecule has 1 aromatic rings. The zero-order valence-corrected chi connectivity index (χ0v) is 13.5. The van der Waals surface area contributed by atoms with Gasteiger partial charge in [-0.15, -0.1) is 0 Å². The second-order valence-electron chi connectivity index (χ2n) is 6.07. The number of rotatable bonds is 4. The lowest BCUT2D eigenvalue weighted by Gasteiger charge is -2.37. The fourth-order valence-corrected chi connectivity index (χ4v) is 3.00. The molecule has 22 heavy (non-hydrogen) atoms. The number of para-hydroxylation sites is 1. The maximum atomic E-state index is 12.3. The molecule has 1 amide bonds. The van der Waals surface area contributed by atoms with E-state index in [-0.39, 0.29) is 18.6 Å². The molecular formula is C17H25NO4. The Morgan fingerprint density at radius 2 is 1.91 bits per heavy atom. The van der Waals surface area contributed by atoms with Crippen molar-refractivity contribution in [1.29, 1.82) is 0 Å². The summed E-state index contributed by atoms with van der Waals surface area (Å²) in [6.07, 6.45) is 0.442. The van der Waals surface area contributed by atoms with Crippen molar-refractivity contribution in [2.45, 2.75) is 51.4 Å². The number of carbonyl (C=O) groups is 1. The Morgan fingerprint density at radius 3 is 2.55 bits per heavy atom. The minimum absolute atomic E-state index is 0.0679. The van der Waals surface area contributed by atoms with E-state index in [0.29, 0.717) is 12.8 Å². The number of likely N-dealkylation sites (N-methyl/N-ethyl adjacent to an activating group) is 1. The van der Waals surface area contributed by atoms with Gasteiger partial charge in [0, 0.05) is 7.05 Å². The van der Waals surface area contributed by atoms with Gasteiger partial charge in [-0.3, -0.25) is 4.79 Å². The maximum Gasteiger partial charge on any atom is 0.260 e. The van der Waals surface area contributed by atoms with Crippen LogP contribution in [0.25, 0.3) is 0 Å². The van der Waals surface area contributed by atoms with Crippen LogP contribution in [-0.4, -0.2) is 52.9 Å². The van der Waals surface area contributed by atoms with Crippen molar-refractivity contribution in [3.05, 3.63) is 29.3 Å². The highest BCUT2D eigenvalue weighted by Crippen LogP contribution is 2.24. The number of aliphatic hydroxyl groups is 2. The van der Waals surface area contributed by atoms with Crippen LogP contribution in [0.4, 0.5) is 0 Å². The van der Waals surface area contributed by atoms with Gasteiger partial charge in [0.1, 0.15) is 11.9 Å². The summed E-state index contributed by atoms with van der Waals surface area (Å²) in [7, 11) is 1.66. The highest BCUT2D eigenvalue weighted by molar-refractivity contribution is 5.78. The Hall–Kier alpha value is -1.59. The van der Waals surface area contributed by atoms with Gasteiger partial charge in [0.25, 0.3) is 5.91 Å². The van der Waals surface area contributed by atoms with Crippen molar-refractivity contribution in [2.75, 3.05) is 13.7 Å². The van der Waals surface area contributed by atoms with E-state index >= 15 is 0 Å². The Morgan fingerprint density at radius 1 is 1.27 bits per heavy atom. The van der Waals surface area contributed by atoms with Crippen LogP contribution in [0.5, 0.6) is 5.75 Å². The average Bonchev–Trinajstić information content (AvgIpc) is 2.48. The van der Waals surface area contributed by atoms with Gasteiger partial charge >= 0.3 is 0 Å². The topological polar surface area (TPSA) is 70.0 Å². The van der Waals surface area contributed by atoms with Gasteiger partial charge in [-0.05, 0) is 44.2 Å². The maximum absolute atomic E-state index is 12.3. The van der Waals surface area contributed by atoms with E-state index < -0.39 is 12.2 Å². The highest BCUT2D eigenvalue weighted by Gasteiger charge is 2.35. The molecule has 2 N–H and O–H groups in total. The Kier molecular flexibility index (Phi) is 5.42. The molecule has 5 heteroatoms. The second-order valence-corrected chi connectivity index (χ2v) is 6.07. The van der Waals surface area contributed by atoms with Crippen LogP contribution < -0.4 is 4.74 Å². The summed E-state index contributed by atoms with van der Waals surface area (Å²) in [6.45, 7) is 3.82. The number of aryl methyl sites for hydroxylation is 2. The number of hydrogen-bond donors (Lipinski definition) is 2. The second kappa shape index (κ2) is 7.11. The van der Waals surface area contributed by atoms with Gasteiger partial charge in [-0.25, -0.2) is 0 Å². The van der Waals surface area contributed by atoms with Crippen molar-refractivity contribution in [3.8, 4) is 5.75 Å². The van der Waals surface area contributed by atoms with Crippen LogP contribution in [0.1, 0.15) is 30.4 Å². The number of benzene rings is 1. The molecule has 1 aromatic carbocycles. The third kappa shape index (κ3) is 3.59. The molecular weight excluding hydrogens is 282 g/mol. The smallest absolute Gasteiger partial charge is 0.260 e. The lowest BCUT2D eigenvalue weighted by molar-refractivity contribution is -0.140. The number of hydrogen-bond acceptors (Lipinski definition) is 4. The Balaban J connectivity index is 1.97. The average molecular weight is 307 g/mol. The third-order valence-corrected chi connectivity index (χ3v) is 4.43. The van der Waals surface area contributed by atoms with E-state index in [1.54, 1.807) is 7.05 Å². The predicted molar refractivity (Wildman–Crippen MR) is 83.8 cm³/mol. The molecule has 2 rings (SSSR count). The van der Waals surface area contributed by atoms with E-state index in [4.69, 9.17) is 4.74 Å². The van der Waals surface area contributed by atoms with E-state index in [1.165, 1.54) is 4.90 Å². The molecule has 5 nitrogen and oxygen atoms in total.